The van der Waals surface area contributed by atoms with Crippen molar-refractivity contribution in [2.75, 3.05) is 7.11 Å². The molecule has 0 saturated carbocycles. The summed E-state index contributed by atoms with van der Waals surface area (Å²) in [5, 5.41) is 5.75. The smallest absolute Gasteiger partial charge is 0.329 e. The van der Waals surface area contributed by atoms with E-state index in [4.69, 9.17) is 4.74 Å². The molecule has 1 fully saturated rings. The van der Waals surface area contributed by atoms with Gasteiger partial charge in [0.25, 0.3) is 11.5 Å². The van der Waals surface area contributed by atoms with Gasteiger partial charge in [0.1, 0.15) is 17.3 Å². The van der Waals surface area contributed by atoms with E-state index in [0.717, 1.165) is 16.0 Å². The summed E-state index contributed by atoms with van der Waals surface area (Å²) in [5.74, 6) is -0.479. The standard InChI is InChI=1S/C29H25FN4O4/c1-17-8-13-24(18(2)14-17)34-27(35)22(26(32-34)21-6-4-5-7-25(21)38-3)15-23-28(36)33(29(37)31-23)16-19-9-11-20(30)12-10-19/h4-15,32H,16H2,1-3H3,(H,31,37). The molecule has 8 nitrogen and oxygen atoms in total. The second-order valence-corrected chi connectivity index (χ2v) is 9.04. The highest BCUT2D eigenvalue weighted by Gasteiger charge is 2.34. The molecule has 2 heterocycles. The maximum Gasteiger partial charge on any atom is 0.329 e. The number of imide groups is 1. The van der Waals surface area contributed by atoms with Crippen molar-refractivity contribution in [3.05, 3.63) is 111 Å². The molecule has 9 heteroatoms. The average Bonchev–Trinajstić information content (AvgIpc) is 3.36. The molecule has 0 spiro atoms. The van der Waals surface area contributed by atoms with Gasteiger partial charge in [-0.25, -0.2) is 13.9 Å². The van der Waals surface area contributed by atoms with Gasteiger partial charge in [0, 0.05) is 5.56 Å². The molecular formula is C29H25FN4O4. The number of benzene rings is 3. The highest BCUT2D eigenvalue weighted by molar-refractivity contribution is 6.14. The van der Waals surface area contributed by atoms with E-state index in [1.807, 2.05) is 44.2 Å². The van der Waals surface area contributed by atoms with Crippen molar-refractivity contribution < 1.29 is 18.7 Å². The van der Waals surface area contributed by atoms with Gasteiger partial charge in [-0.3, -0.25) is 19.6 Å². The fourth-order valence-electron chi connectivity index (χ4n) is 4.50. The summed E-state index contributed by atoms with van der Waals surface area (Å²) in [6, 6.07) is 17.8. The summed E-state index contributed by atoms with van der Waals surface area (Å²) in [6.07, 6.45) is 1.38. The first kappa shape index (κ1) is 24.8. The summed E-state index contributed by atoms with van der Waals surface area (Å²) in [4.78, 5) is 40.6. The van der Waals surface area contributed by atoms with Crippen LogP contribution >= 0.6 is 0 Å². The van der Waals surface area contributed by atoms with Crippen LogP contribution < -0.4 is 15.6 Å². The number of nitrogens with zero attached hydrogens (tertiary/aromatic N) is 2. The molecule has 3 amide bonds. The fourth-order valence-corrected chi connectivity index (χ4v) is 4.50. The number of H-pyrrole nitrogens is 1. The number of carbonyl (C=O) groups is 2. The zero-order valence-corrected chi connectivity index (χ0v) is 21.0. The number of amides is 3. The largest absolute Gasteiger partial charge is 0.496 e. The third kappa shape index (κ3) is 4.50. The predicted octanol–water partition coefficient (Wildman–Crippen LogP) is 4.69. The number of halogens is 1. The highest BCUT2D eigenvalue weighted by Crippen LogP contribution is 2.32. The van der Waals surface area contributed by atoms with Gasteiger partial charge < -0.3 is 10.1 Å². The number of aromatic amines is 1. The minimum absolute atomic E-state index is 0.0401. The van der Waals surface area contributed by atoms with Crippen molar-refractivity contribution in [3.8, 4) is 22.7 Å². The van der Waals surface area contributed by atoms with Crippen molar-refractivity contribution in [1.82, 2.24) is 20.0 Å². The summed E-state index contributed by atoms with van der Waals surface area (Å²) in [6.45, 7) is 3.84. The number of para-hydroxylation sites is 1. The van der Waals surface area contributed by atoms with E-state index in [1.54, 1.807) is 12.1 Å². The van der Waals surface area contributed by atoms with Crippen LogP contribution in [0.3, 0.4) is 0 Å². The zero-order chi connectivity index (χ0) is 27.0. The Morgan fingerprint density at radius 2 is 1.71 bits per heavy atom. The van der Waals surface area contributed by atoms with Crippen molar-refractivity contribution >= 4 is 18.0 Å². The van der Waals surface area contributed by atoms with Gasteiger partial charge in [0.05, 0.1) is 30.6 Å². The quantitative estimate of drug-likeness (QED) is 0.289. The third-order valence-electron chi connectivity index (χ3n) is 6.40. The van der Waals surface area contributed by atoms with Gasteiger partial charge in [-0.15, -0.1) is 0 Å². The summed E-state index contributed by atoms with van der Waals surface area (Å²) < 4.78 is 20.2. The topological polar surface area (TPSA) is 96.4 Å². The molecule has 1 aliphatic heterocycles. The molecule has 5 rings (SSSR count). The molecule has 0 unspecified atom stereocenters. The minimum atomic E-state index is -0.630. The Kier molecular flexibility index (Phi) is 6.42. The van der Waals surface area contributed by atoms with Crippen LogP contribution in [0.5, 0.6) is 5.75 Å². The van der Waals surface area contributed by atoms with E-state index >= 15 is 0 Å². The molecule has 3 aromatic carbocycles. The summed E-state index contributed by atoms with van der Waals surface area (Å²) in [5.41, 5.74) is 3.96. The van der Waals surface area contributed by atoms with Crippen LogP contribution in [0.4, 0.5) is 9.18 Å². The van der Waals surface area contributed by atoms with Gasteiger partial charge in [-0.05, 0) is 61.4 Å². The van der Waals surface area contributed by atoms with Crippen LogP contribution in [-0.4, -0.2) is 33.7 Å². The summed E-state index contributed by atoms with van der Waals surface area (Å²) >= 11 is 0. The SMILES string of the molecule is COc1ccccc1-c1[nH]n(-c2ccc(C)cc2C)c(=O)c1C=C1NC(=O)N(Cc2ccc(F)cc2)C1=O. The maximum atomic E-state index is 13.8. The van der Waals surface area contributed by atoms with E-state index in [2.05, 4.69) is 10.4 Å². The van der Waals surface area contributed by atoms with Crippen LogP contribution in [-0.2, 0) is 11.3 Å². The molecule has 2 N–H and O–H groups in total. The van der Waals surface area contributed by atoms with Crippen LogP contribution in [0.15, 0.2) is 77.2 Å². The lowest BCUT2D eigenvalue weighted by atomic mass is 10.1. The van der Waals surface area contributed by atoms with E-state index < -0.39 is 23.3 Å². The average molecular weight is 513 g/mol. The molecule has 1 aliphatic rings. The first-order chi connectivity index (χ1) is 18.3. The van der Waals surface area contributed by atoms with Gasteiger partial charge in [0.2, 0.25) is 0 Å². The first-order valence-corrected chi connectivity index (χ1v) is 11.9. The number of aryl methyl sites for hydroxylation is 2. The zero-order valence-electron chi connectivity index (χ0n) is 21.0. The first-order valence-electron chi connectivity index (χ1n) is 11.9. The Morgan fingerprint density at radius 1 is 0.974 bits per heavy atom. The molecule has 1 saturated heterocycles. The number of ether oxygens (including phenoxy) is 1. The highest BCUT2D eigenvalue weighted by atomic mass is 19.1. The lowest BCUT2D eigenvalue weighted by molar-refractivity contribution is -0.123. The molecule has 1 aromatic heterocycles. The Bertz CT molecular complexity index is 1650. The van der Waals surface area contributed by atoms with E-state index in [9.17, 15) is 18.8 Å². The Morgan fingerprint density at radius 3 is 2.42 bits per heavy atom. The number of aromatic nitrogens is 2. The van der Waals surface area contributed by atoms with E-state index in [1.165, 1.54) is 42.1 Å². The normalized spacial score (nSPS) is 14.3. The third-order valence-corrected chi connectivity index (χ3v) is 6.40. The number of hydrogen-bond acceptors (Lipinski definition) is 4. The Labute approximate surface area is 218 Å². The number of carbonyl (C=O) groups excluding carboxylic acids is 2. The number of nitrogens with one attached hydrogen (secondary N) is 2. The van der Waals surface area contributed by atoms with Gasteiger partial charge in [-0.1, -0.05) is 42.0 Å². The van der Waals surface area contributed by atoms with E-state index in [0.29, 0.717) is 28.3 Å². The second-order valence-electron chi connectivity index (χ2n) is 9.04. The molecule has 0 radical (unpaired) electrons. The number of methoxy groups -OCH3 is 1. The predicted molar refractivity (Wildman–Crippen MR) is 141 cm³/mol. The van der Waals surface area contributed by atoms with Gasteiger partial charge in [-0.2, -0.15) is 0 Å². The minimum Gasteiger partial charge on any atom is -0.496 e. The molecule has 192 valence electrons. The van der Waals surface area contributed by atoms with Crippen LogP contribution in [0, 0.1) is 19.7 Å². The number of rotatable bonds is 6. The van der Waals surface area contributed by atoms with Gasteiger partial charge in [0.15, 0.2) is 0 Å². The Hall–Kier alpha value is -4.92. The van der Waals surface area contributed by atoms with Crippen LogP contribution in [0.1, 0.15) is 22.3 Å². The molecule has 4 aromatic rings. The maximum absolute atomic E-state index is 13.8. The van der Waals surface area contributed by atoms with Crippen molar-refractivity contribution in [2.24, 2.45) is 0 Å². The van der Waals surface area contributed by atoms with Crippen LogP contribution in [0.25, 0.3) is 23.0 Å². The molecule has 38 heavy (non-hydrogen) atoms. The number of urea groups is 1. The van der Waals surface area contributed by atoms with Crippen LogP contribution in [0.2, 0.25) is 0 Å². The monoisotopic (exact) mass is 512 g/mol. The lowest BCUT2D eigenvalue weighted by Crippen LogP contribution is -2.30. The fraction of sp³-hybridized carbons (Fsp3) is 0.138. The molecule has 0 atom stereocenters. The summed E-state index contributed by atoms with van der Waals surface area (Å²) in [7, 11) is 1.53. The molecule has 0 bridgehead atoms. The molecular weight excluding hydrogens is 487 g/mol. The number of hydrogen-bond donors (Lipinski definition) is 2. The Balaban J connectivity index is 1.62. The second kappa shape index (κ2) is 9.85. The van der Waals surface area contributed by atoms with E-state index in [-0.39, 0.29) is 17.8 Å². The van der Waals surface area contributed by atoms with Gasteiger partial charge >= 0.3 is 6.03 Å². The molecule has 0 aliphatic carbocycles. The van der Waals surface area contributed by atoms with Crippen molar-refractivity contribution in [3.63, 3.8) is 0 Å². The lowest BCUT2D eigenvalue weighted by Gasteiger charge is -2.11. The van der Waals surface area contributed by atoms with Crippen molar-refractivity contribution in [2.45, 2.75) is 20.4 Å². The van der Waals surface area contributed by atoms with Crippen molar-refractivity contribution in [1.29, 1.82) is 0 Å².